The van der Waals surface area contributed by atoms with Crippen LogP contribution in [0.1, 0.15) is 55.6 Å². The van der Waals surface area contributed by atoms with Crippen LogP contribution < -0.4 is 0 Å². The second-order valence-corrected chi connectivity index (χ2v) is 6.94. The fourth-order valence-electron chi connectivity index (χ4n) is 3.58. The Morgan fingerprint density at radius 1 is 1.08 bits per heavy atom. The fourth-order valence-corrected chi connectivity index (χ4v) is 3.58. The standard InChI is InChI=1S/C21H27NO2/c1-17-11-13-20(24-17)16-22(15-19-9-3-2-4-10-19)21(23)14-12-18-7-5-6-8-18/h2-4,9-11,13,18H,5-8,12,14-16H2,1H3. The van der Waals surface area contributed by atoms with Gasteiger partial charge in [-0.1, -0.05) is 56.0 Å². The van der Waals surface area contributed by atoms with E-state index in [2.05, 4.69) is 12.1 Å². The molecule has 1 aromatic carbocycles. The van der Waals surface area contributed by atoms with E-state index in [0.29, 0.717) is 19.5 Å². The van der Waals surface area contributed by atoms with E-state index in [1.165, 1.54) is 25.7 Å². The van der Waals surface area contributed by atoms with E-state index >= 15 is 0 Å². The molecule has 1 aromatic heterocycles. The van der Waals surface area contributed by atoms with Crippen LogP contribution in [-0.4, -0.2) is 10.8 Å². The Hall–Kier alpha value is -2.03. The molecule has 1 saturated carbocycles. The molecule has 0 unspecified atom stereocenters. The van der Waals surface area contributed by atoms with Crippen LogP contribution in [0, 0.1) is 12.8 Å². The summed E-state index contributed by atoms with van der Waals surface area (Å²) in [6.45, 7) is 3.13. The molecule has 0 N–H and O–H groups in total. The number of rotatable bonds is 7. The highest BCUT2D eigenvalue weighted by Crippen LogP contribution is 2.29. The lowest BCUT2D eigenvalue weighted by Crippen LogP contribution is -2.30. The highest BCUT2D eigenvalue weighted by atomic mass is 16.3. The van der Waals surface area contributed by atoms with Gasteiger partial charge in [-0.25, -0.2) is 0 Å². The number of nitrogens with zero attached hydrogens (tertiary/aromatic N) is 1. The molecule has 3 nitrogen and oxygen atoms in total. The molecule has 0 bridgehead atoms. The van der Waals surface area contributed by atoms with Crippen molar-refractivity contribution in [1.82, 2.24) is 4.90 Å². The van der Waals surface area contributed by atoms with Crippen molar-refractivity contribution in [3.63, 3.8) is 0 Å². The van der Waals surface area contributed by atoms with Crippen molar-refractivity contribution in [1.29, 1.82) is 0 Å². The van der Waals surface area contributed by atoms with Crippen LogP contribution >= 0.6 is 0 Å². The van der Waals surface area contributed by atoms with Gasteiger partial charge in [-0.3, -0.25) is 4.79 Å². The van der Waals surface area contributed by atoms with E-state index in [-0.39, 0.29) is 5.91 Å². The summed E-state index contributed by atoms with van der Waals surface area (Å²) in [5, 5.41) is 0. The summed E-state index contributed by atoms with van der Waals surface area (Å²) in [6.07, 6.45) is 6.93. The van der Waals surface area contributed by atoms with E-state index in [1.807, 2.05) is 42.2 Å². The highest BCUT2D eigenvalue weighted by molar-refractivity contribution is 5.76. The van der Waals surface area contributed by atoms with Gasteiger partial charge in [0, 0.05) is 13.0 Å². The summed E-state index contributed by atoms with van der Waals surface area (Å²) in [4.78, 5) is 14.7. The summed E-state index contributed by atoms with van der Waals surface area (Å²) < 4.78 is 5.69. The van der Waals surface area contributed by atoms with Crippen LogP contribution in [0.2, 0.25) is 0 Å². The topological polar surface area (TPSA) is 33.5 Å². The molecule has 0 spiro atoms. The zero-order valence-electron chi connectivity index (χ0n) is 14.5. The zero-order chi connectivity index (χ0) is 16.8. The molecule has 0 aliphatic heterocycles. The zero-order valence-corrected chi connectivity index (χ0v) is 14.5. The molecule has 3 rings (SSSR count). The number of benzene rings is 1. The first-order valence-electron chi connectivity index (χ1n) is 9.08. The second kappa shape index (κ2) is 8.18. The van der Waals surface area contributed by atoms with Crippen LogP contribution in [0.15, 0.2) is 46.9 Å². The Labute approximate surface area is 144 Å². The molecule has 2 aromatic rings. The first-order valence-corrected chi connectivity index (χ1v) is 9.08. The maximum atomic E-state index is 12.8. The van der Waals surface area contributed by atoms with Gasteiger partial charge in [0.2, 0.25) is 5.91 Å². The smallest absolute Gasteiger partial charge is 0.223 e. The maximum Gasteiger partial charge on any atom is 0.223 e. The van der Waals surface area contributed by atoms with Crippen molar-refractivity contribution >= 4 is 5.91 Å². The van der Waals surface area contributed by atoms with Crippen molar-refractivity contribution in [3.05, 3.63) is 59.5 Å². The van der Waals surface area contributed by atoms with Crippen molar-refractivity contribution in [2.75, 3.05) is 0 Å². The monoisotopic (exact) mass is 325 g/mol. The lowest BCUT2D eigenvalue weighted by molar-refractivity contribution is -0.133. The normalized spacial score (nSPS) is 14.9. The third-order valence-electron chi connectivity index (χ3n) is 4.95. The largest absolute Gasteiger partial charge is 0.464 e. The molecule has 128 valence electrons. The minimum absolute atomic E-state index is 0.236. The maximum absolute atomic E-state index is 12.8. The summed E-state index contributed by atoms with van der Waals surface area (Å²) in [7, 11) is 0. The average molecular weight is 325 g/mol. The lowest BCUT2D eigenvalue weighted by Gasteiger charge is -2.23. The van der Waals surface area contributed by atoms with Gasteiger partial charge in [0.15, 0.2) is 0 Å². The van der Waals surface area contributed by atoms with Crippen LogP contribution in [0.25, 0.3) is 0 Å². The van der Waals surface area contributed by atoms with Crippen molar-refractivity contribution in [2.24, 2.45) is 5.92 Å². The molecule has 1 heterocycles. The minimum atomic E-state index is 0.236. The molecule has 1 fully saturated rings. The van der Waals surface area contributed by atoms with Crippen LogP contribution in [-0.2, 0) is 17.9 Å². The number of aryl methyl sites for hydroxylation is 1. The van der Waals surface area contributed by atoms with E-state index in [9.17, 15) is 4.79 Å². The number of hydrogen-bond donors (Lipinski definition) is 0. The predicted molar refractivity (Wildman–Crippen MR) is 95.3 cm³/mol. The van der Waals surface area contributed by atoms with Gasteiger partial charge in [-0.15, -0.1) is 0 Å². The molecule has 0 saturated heterocycles. The van der Waals surface area contributed by atoms with Crippen molar-refractivity contribution in [2.45, 2.75) is 58.5 Å². The van der Waals surface area contributed by atoms with Gasteiger partial charge >= 0.3 is 0 Å². The van der Waals surface area contributed by atoms with E-state index in [4.69, 9.17) is 4.42 Å². The first kappa shape index (κ1) is 16.8. The Morgan fingerprint density at radius 2 is 1.83 bits per heavy atom. The molecule has 0 atom stereocenters. The van der Waals surface area contributed by atoms with Crippen molar-refractivity contribution < 1.29 is 9.21 Å². The van der Waals surface area contributed by atoms with Gasteiger partial charge in [0.1, 0.15) is 11.5 Å². The van der Waals surface area contributed by atoms with Crippen LogP contribution in [0.3, 0.4) is 0 Å². The second-order valence-electron chi connectivity index (χ2n) is 6.94. The number of carbonyl (C=O) groups excluding carboxylic acids is 1. The summed E-state index contributed by atoms with van der Waals surface area (Å²) in [6, 6.07) is 14.1. The minimum Gasteiger partial charge on any atom is -0.464 e. The third kappa shape index (κ3) is 4.73. The van der Waals surface area contributed by atoms with Gasteiger partial charge in [-0.05, 0) is 37.0 Å². The molecule has 1 aliphatic carbocycles. The van der Waals surface area contributed by atoms with Gasteiger partial charge in [0.05, 0.1) is 6.54 Å². The molecule has 24 heavy (non-hydrogen) atoms. The number of carbonyl (C=O) groups is 1. The van der Waals surface area contributed by atoms with Crippen molar-refractivity contribution in [3.8, 4) is 0 Å². The predicted octanol–water partition coefficient (Wildman–Crippen LogP) is 5.09. The molecular weight excluding hydrogens is 298 g/mol. The Kier molecular flexibility index (Phi) is 5.73. The summed E-state index contributed by atoms with van der Waals surface area (Å²) in [5.41, 5.74) is 1.16. The Morgan fingerprint density at radius 3 is 2.50 bits per heavy atom. The number of furan rings is 1. The quantitative estimate of drug-likeness (QED) is 0.710. The average Bonchev–Trinajstić information content (AvgIpc) is 3.25. The lowest BCUT2D eigenvalue weighted by atomic mass is 10.0. The number of hydrogen-bond acceptors (Lipinski definition) is 2. The SMILES string of the molecule is Cc1ccc(CN(Cc2ccccc2)C(=O)CCC2CCCC2)o1. The van der Waals surface area contributed by atoms with Gasteiger partial charge in [0.25, 0.3) is 0 Å². The highest BCUT2D eigenvalue weighted by Gasteiger charge is 2.20. The molecule has 3 heteroatoms. The molecular formula is C21H27NO2. The molecule has 1 amide bonds. The van der Waals surface area contributed by atoms with Crippen LogP contribution in [0.5, 0.6) is 0 Å². The fraction of sp³-hybridized carbons (Fsp3) is 0.476. The van der Waals surface area contributed by atoms with E-state index in [0.717, 1.165) is 29.4 Å². The van der Waals surface area contributed by atoms with Crippen LogP contribution in [0.4, 0.5) is 0 Å². The number of amides is 1. The van der Waals surface area contributed by atoms with Gasteiger partial charge in [-0.2, -0.15) is 0 Å². The Bertz CT molecular complexity index is 641. The van der Waals surface area contributed by atoms with Gasteiger partial charge < -0.3 is 9.32 Å². The van der Waals surface area contributed by atoms with E-state index in [1.54, 1.807) is 0 Å². The summed E-state index contributed by atoms with van der Waals surface area (Å²) in [5.74, 6) is 2.74. The third-order valence-corrected chi connectivity index (χ3v) is 4.95. The van der Waals surface area contributed by atoms with E-state index < -0.39 is 0 Å². The molecule has 0 radical (unpaired) electrons. The first-order chi connectivity index (χ1) is 11.7. The molecule has 1 aliphatic rings. The Balaban J connectivity index is 1.64. The summed E-state index contributed by atoms with van der Waals surface area (Å²) >= 11 is 0.